The second kappa shape index (κ2) is 5.54. The molecule has 0 atom stereocenters. The van der Waals surface area contributed by atoms with E-state index in [9.17, 15) is 4.79 Å². The molecule has 0 saturated heterocycles. The van der Waals surface area contributed by atoms with Gasteiger partial charge in [-0.15, -0.1) is 0 Å². The van der Waals surface area contributed by atoms with Crippen LogP contribution in [-0.2, 0) is 0 Å². The number of carbonyl (C=O) groups is 1. The summed E-state index contributed by atoms with van der Waals surface area (Å²) in [4.78, 5) is 11.1. The van der Waals surface area contributed by atoms with E-state index >= 15 is 0 Å². The van der Waals surface area contributed by atoms with Gasteiger partial charge in [0.2, 0.25) is 0 Å². The molecule has 3 nitrogen and oxygen atoms in total. The molecule has 0 aliphatic rings. The molecular weight excluding hydrogens is 228 g/mol. The van der Waals surface area contributed by atoms with Gasteiger partial charge in [-0.05, 0) is 24.6 Å². The highest BCUT2D eigenvalue weighted by Crippen LogP contribution is 2.34. The zero-order chi connectivity index (χ0) is 13.0. The van der Waals surface area contributed by atoms with E-state index in [0.717, 1.165) is 35.0 Å². The Hall–Kier alpha value is -2.03. The monoisotopic (exact) mass is 244 g/mol. The number of aldehydes is 1. The van der Waals surface area contributed by atoms with Crippen molar-refractivity contribution in [2.24, 2.45) is 0 Å². The number of rotatable bonds is 5. The van der Waals surface area contributed by atoms with Gasteiger partial charge >= 0.3 is 0 Å². The lowest BCUT2D eigenvalue weighted by Gasteiger charge is -2.12. The Bertz CT molecular complexity index is 561. The molecule has 0 aromatic heterocycles. The van der Waals surface area contributed by atoms with Crippen molar-refractivity contribution in [3.05, 3.63) is 35.9 Å². The number of ether oxygens (including phenoxy) is 2. The van der Waals surface area contributed by atoms with E-state index in [1.807, 2.05) is 25.1 Å². The highest BCUT2D eigenvalue weighted by atomic mass is 16.5. The molecule has 0 unspecified atom stereocenters. The minimum absolute atomic E-state index is 0.623. The molecule has 0 spiro atoms. The predicted molar refractivity (Wildman–Crippen MR) is 71.7 cm³/mol. The van der Waals surface area contributed by atoms with Crippen LogP contribution >= 0.6 is 0 Å². The number of hydrogen-bond acceptors (Lipinski definition) is 3. The summed E-state index contributed by atoms with van der Waals surface area (Å²) in [6.45, 7) is 2.68. The summed E-state index contributed by atoms with van der Waals surface area (Å²) in [7, 11) is 1.62. The lowest BCUT2D eigenvalue weighted by atomic mass is 10.0. The molecule has 94 valence electrons. The largest absolute Gasteiger partial charge is 0.496 e. The minimum Gasteiger partial charge on any atom is -0.496 e. The first-order valence-electron chi connectivity index (χ1n) is 5.99. The molecule has 18 heavy (non-hydrogen) atoms. The molecule has 0 fully saturated rings. The first-order valence-corrected chi connectivity index (χ1v) is 5.99. The molecule has 2 aromatic carbocycles. The fourth-order valence-electron chi connectivity index (χ4n) is 1.98. The van der Waals surface area contributed by atoms with Crippen LogP contribution in [-0.4, -0.2) is 20.0 Å². The fourth-order valence-corrected chi connectivity index (χ4v) is 1.98. The molecule has 0 saturated carbocycles. The third-order valence-electron chi connectivity index (χ3n) is 2.80. The Kier molecular flexibility index (Phi) is 3.82. The Morgan fingerprint density at radius 2 is 2.00 bits per heavy atom. The predicted octanol–water partition coefficient (Wildman–Crippen LogP) is 3.45. The summed E-state index contributed by atoms with van der Waals surface area (Å²) in [6.07, 6.45) is 1.78. The van der Waals surface area contributed by atoms with Gasteiger partial charge in [-0.25, -0.2) is 0 Å². The average Bonchev–Trinajstić information content (AvgIpc) is 2.43. The molecule has 0 aliphatic heterocycles. The van der Waals surface area contributed by atoms with Crippen molar-refractivity contribution >= 4 is 17.1 Å². The topological polar surface area (TPSA) is 35.5 Å². The van der Waals surface area contributed by atoms with Crippen LogP contribution in [0.5, 0.6) is 11.5 Å². The summed E-state index contributed by atoms with van der Waals surface area (Å²) in [5.41, 5.74) is 0.623. The summed E-state index contributed by atoms with van der Waals surface area (Å²) >= 11 is 0. The van der Waals surface area contributed by atoms with E-state index < -0.39 is 0 Å². The van der Waals surface area contributed by atoms with Crippen molar-refractivity contribution < 1.29 is 14.3 Å². The molecular formula is C15H16O3. The summed E-state index contributed by atoms with van der Waals surface area (Å²) in [6, 6.07) is 9.28. The molecule has 0 N–H and O–H groups in total. The quantitative estimate of drug-likeness (QED) is 0.756. The van der Waals surface area contributed by atoms with Gasteiger partial charge in [0.25, 0.3) is 0 Å². The molecule has 0 radical (unpaired) electrons. The van der Waals surface area contributed by atoms with Crippen molar-refractivity contribution in [1.29, 1.82) is 0 Å². The first kappa shape index (κ1) is 12.4. The maximum Gasteiger partial charge on any atom is 0.150 e. The summed E-state index contributed by atoms with van der Waals surface area (Å²) in [5.74, 6) is 1.48. The van der Waals surface area contributed by atoms with Crippen LogP contribution in [0.25, 0.3) is 10.8 Å². The number of methoxy groups -OCH3 is 1. The molecule has 0 amide bonds. The van der Waals surface area contributed by atoms with E-state index in [4.69, 9.17) is 9.47 Å². The van der Waals surface area contributed by atoms with Crippen molar-refractivity contribution in [3.8, 4) is 11.5 Å². The van der Waals surface area contributed by atoms with E-state index in [0.29, 0.717) is 12.2 Å². The smallest absolute Gasteiger partial charge is 0.150 e. The van der Waals surface area contributed by atoms with Crippen LogP contribution in [0.15, 0.2) is 30.3 Å². The maximum atomic E-state index is 11.1. The van der Waals surface area contributed by atoms with Gasteiger partial charge in [-0.3, -0.25) is 4.79 Å². The molecule has 0 heterocycles. The van der Waals surface area contributed by atoms with Crippen molar-refractivity contribution in [3.63, 3.8) is 0 Å². The maximum absolute atomic E-state index is 11.1. The van der Waals surface area contributed by atoms with Gasteiger partial charge < -0.3 is 9.47 Å². The van der Waals surface area contributed by atoms with Crippen LogP contribution in [0.4, 0.5) is 0 Å². The van der Waals surface area contributed by atoms with E-state index in [1.54, 1.807) is 19.2 Å². The summed E-state index contributed by atoms with van der Waals surface area (Å²) < 4.78 is 11.0. The van der Waals surface area contributed by atoms with Crippen LogP contribution in [0.2, 0.25) is 0 Å². The van der Waals surface area contributed by atoms with E-state index in [1.165, 1.54) is 0 Å². The normalized spacial score (nSPS) is 10.3. The molecule has 2 rings (SSSR count). The average molecular weight is 244 g/mol. The minimum atomic E-state index is 0.623. The Labute approximate surface area is 106 Å². The Balaban J connectivity index is 2.67. The Morgan fingerprint density at radius 3 is 2.67 bits per heavy atom. The molecule has 3 heteroatoms. The highest BCUT2D eigenvalue weighted by molar-refractivity contribution is 6.04. The number of benzene rings is 2. The highest BCUT2D eigenvalue weighted by Gasteiger charge is 2.10. The number of hydrogen-bond donors (Lipinski definition) is 0. The zero-order valence-electron chi connectivity index (χ0n) is 10.6. The fraction of sp³-hybridized carbons (Fsp3) is 0.267. The van der Waals surface area contributed by atoms with Crippen molar-refractivity contribution in [2.75, 3.05) is 13.7 Å². The third-order valence-corrected chi connectivity index (χ3v) is 2.80. The number of fused-ring (bicyclic) bond motifs is 1. The van der Waals surface area contributed by atoms with Crippen LogP contribution < -0.4 is 9.47 Å². The van der Waals surface area contributed by atoms with Gasteiger partial charge in [0.1, 0.15) is 11.5 Å². The SMILES string of the molecule is CCCOc1cccc2c(OC)ccc(C=O)c12. The van der Waals surface area contributed by atoms with E-state index in [2.05, 4.69) is 0 Å². The van der Waals surface area contributed by atoms with Crippen LogP contribution in [0, 0.1) is 0 Å². The standard InChI is InChI=1S/C15H16O3/c1-3-9-18-14-6-4-5-12-13(17-2)8-7-11(10-16)15(12)14/h4-8,10H,3,9H2,1-2H3. The zero-order valence-corrected chi connectivity index (χ0v) is 10.6. The van der Waals surface area contributed by atoms with Gasteiger partial charge in [0.05, 0.1) is 13.7 Å². The molecule has 0 aliphatic carbocycles. The second-order valence-corrected chi connectivity index (χ2v) is 4.00. The first-order chi connectivity index (χ1) is 8.81. The molecule has 0 bridgehead atoms. The van der Waals surface area contributed by atoms with Crippen LogP contribution in [0.1, 0.15) is 23.7 Å². The third kappa shape index (κ3) is 2.16. The lowest BCUT2D eigenvalue weighted by Crippen LogP contribution is -1.98. The van der Waals surface area contributed by atoms with Crippen molar-refractivity contribution in [1.82, 2.24) is 0 Å². The number of carbonyl (C=O) groups excluding carboxylic acids is 1. The second-order valence-electron chi connectivity index (χ2n) is 4.00. The van der Waals surface area contributed by atoms with Gasteiger partial charge in [-0.2, -0.15) is 0 Å². The van der Waals surface area contributed by atoms with Gasteiger partial charge in [0.15, 0.2) is 6.29 Å². The molecule has 2 aromatic rings. The van der Waals surface area contributed by atoms with Crippen LogP contribution in [0.3, 0.4) is 0 Å². The Morgan fingerprint density at radius 1 is 1.17 bits per heavy atom. The summed E-state index contributed by atoms with van der Waals surface area (Å²) in [5, 5.41) is 1.72. The van der Waals surface area contributed by atoms with E-state index in [-0.39, 0.29) is 0 Å². The van der Waals surface area contributed by atoms with Crippen molar-refractivity contribution in [2.45, 2.75) is 13.3 Å². The van der Waals surface area contributed by atoms with Gasteiger partial charge in [0, 0.05) is 16.3 Å². The lowest BCUT2D eigenvalue weighted by molar-refractivity contribution is 0.112. The van der Waals surface area contributed by atoms with Gasteiger partial charge in [-0.1, -0.05) is 19.1 Å².